The maximum absolute atomic E-state index is 11.2. The molecule has 27 heavy (non-hydrogen) atoms. The van der Waals surface area contributed by atoms with Crippen LogP contribution in [0.2, 0.25) is 0 Å². The minimum atomic E-state index is -0.325. The number of hydrogen-bond donors (Lipinski definition) is 1. The van der Waals surface area contributed by atoms with E-state index in [9.17, 15) is 20.0 Å². The first-order valence-electron chi connectivity index (χ1n) is 7.72. The first-order chi connectivity index (χ1) is 12.7. The van der Waals surface area contributed by atoms with Crippen LogP contribution in [0.15, 0.2) is 83.2 Å². The molecular weight excluding hydrogens is 396 g/mol. The van der Waals surface area contributed by atoms with Crippen LogP contribution in [0.25, 0.3) is 21.5 Å². The van der Waals surface area contributed by atoms with E-state index in [0.29, 0.717) is 10.8 Å². The summed E-state index contributed by atoms with van der Waals surface area (Å²) < 4.78 is 0. The molecular formula is C20H13CuN2O4+. The molecule has 0 amide bonds. The molecule has 0 bridgehead atoms. The van der Waals surface area contributed by atoms with Crippen LogP contribution in [0, 0.1) is 9.81 Å². The van der Waals surface area contributed by atoms with Crippen molar-refractivity contribution in [1.29, 1.82) is 0 Å². The van der Waals surface area contributed by atoms with E-state index in [2.05, 4.69) is 10.4 Å². The van der Waals surface area contributed by atoms with Crippen molar-refractivity contribution in [1.82, 2.24) is 0 Å². The molecule has 0 atom stereocenters. The molecule has 6 nitrogen and oxygen atoms in total. The van der Waals surface area contributed by atoms with Gasteiger partial charge in [0.05, 0.1) is 0 Å². The van der Waals surface area contributed by atoms with E-state index in [1.165, 1.54) is 12.1 Å². The number of nitroso groups, excluding NO2 is 2. The van der Waals surface area contributed by atoms with E-state index < -0.39 is 0 Å². The Labute approximate surface area is 164 Å². The fourth-order valence-electron chi connectivity index (χ4n) is 2.67. The zero-order valence-electron chi connectivity index (χ0n) is 13.8. The monoisotopic (exact) mass is 408 g/mol. The summed E-state index contributed by atoms with van der Waals surface area (Å²) in [6.07, 6.45) is 0. The van der Waals surface area contributed by atoms with Gasteiger partial charge >= 0.3 is 17.1 Å². The van der Waals surface area contributed by atoms with Crippen molar-refractivity contribution >= 4 is 32.9 Å². The van der Waals surface area contributed by atoms with Crippen molar-refractivity contribution in [2.45, 2.75) is 0 Å². The third-order valence-corrected chi connectivity index (χ3v) is 3.93. The van der Waals surface area contributed by atoms with Crippen molar-refractivity contribution in [3.63, 3.8) is 0 Å². The summed E-state index contributed by atoms with van der Waals surface area (Å²) in [6, 6.07) is 20.7. The second-order valence-corrected chi connectivity index (χ2v) is 5.47. The topological polar surface area (TPSA) is 102 Å². The number of rotatable bonds is 2. The number of hydrogen-bond acceptors (Lipinski definition) is 6. The Bertz CT molecular complexity index is 1030. The third-order valence-electron chi connectivity index (χ3n) is 3.93. The first-order valence-corrected chi connectivity index (χ1v) is 7.72. The standard InChI is InChI=1S/2C10H7NO2.Cu/c2*12-9-6-5-7-3-1-2-4-8(7)10(9)11-13;/h2*1-6,12H;/q;;+2/p-1. The minimum absolute atomic E-state index is 0. The summed E-state index contributed by atoms with van der Waals surface area (Å²) in [4.78, 5) is 20.8. The summed E-state index contributed by atoms with van der Waals surface area (Å²) >= 11 is 0. The van der Waals surface area contributed by atoms with E-state index >= 15 is 0 Å². The molecule has 0 aliphatic heterocycles. The quantitative estimate of drug-likeness (QED) is 0.361. The van der Waals surface area contributed by atoms with Gasteiger partial charge in [0, 0.05) is 10.8 Å². The van der Waals surface area contributed by atoms with Gasteiger partial charge in [-0.3, -0.25) is 0 Å². The number of aromatic hydroxyl groups is 1. The van der Waals surface area contributed by atoms with Gasteiger partial charge in [0.25, 0.3) is 0 Å². The van der Waals surface area contributed by atoms with E-state index in [4.69, 9.17) is 0 Å². The molecule has 4 aromatic rings. The zero-order valence-corrected chi connectivity index (χ0v) is 14.7. The molecule has 1 radical (unpaired) electrons. The maximum Gasteiger partial charge on any atom is 2.00 e. The van der Waals surface area contributed by atoms with Crippen LogP contribution in [0.5, 0.6) is 11.5 Å². The average molecular weight is 409 g/mol. The second kappa shape index (κ2) is 8.89. The average Bonchev–Trinajstić information content (AvgIpc) is 2.68. The van der Waals surface area contributed by atoms with E-state index in [0.717, 1.165) is 10.8 Å². The van der Waals surface area contributed by atoms with Gasteiger partial charge in [0.2, 0.25) is 0 Å². The molecule has 0 fully saturated rings. The molecule has 0 aliphatic rings. The van der Waals surface area contributed by atoms with Crippen LogP contribution in [0.1, 0.15) is 0 Å². The Balaban J connectivity index is 0.000000187. The van der Waals surface area contributed by atoms with Crippen LogP contribution in [0.4, 0.5) is 11.4 Å². The summed E-state index contributed by atoms with van der Waals surface area (Å²) in [7, 11) is 0. The van der Waals surface area contributed by atoms with Gasteiger partial charge in [-0.2, -0.15) is 0 Å². The summed E-state index contributed by atoms with van der Waals surface area (Å²) in [5.41, 5.74) is 0.108. The predicted molar refractivity (Wildman–Crippen MR) is 99.9 cm³/mol. The van der Waals surface area contributed by atoms with Crippen LogP contribution in [0.3, 0.4) is 0 Å². The van der Waals surface area contributed by atoms with Crippen molar-refractivity contribution < 1.29 is 27.3 Å². The van der Waals surface area contributed by atoms with Crippen LogP contribution < -0.4 is 5.11 Å². The van der Waals surface area contributed by atoms with Gasteiger partial charge in [0.1, 0.15) is 11.4 Å². The van der Waals surface area contributed by atoms with Gasteiger partial charge < -0.3 is 10.2 Å². The van der Waals surface area contributed by atoms with Gasteiger partial charge in [0.15, 0.2) is 5.69 Å². The molecule has 0 saturated carbocycles. The van der Waals surface area contributed by atoms with Crippen molar-refractivity contribution in [3.8, 4) is 11.5 Å². The molecule has 0 saturated heterocycles. The van der Waals surface area contributed by atoms with Crippen LogP contribution >= 0.6 is 0 Å². The van der Waals surface area contributed by atoms with Crippen molar-refractivity contribution in [3.05, 3.63) is 82.6 Å². The number of nitrogens with zero attached hydrogens (tertiary/aromatic N) is 2. The van der Waals surface area contributed by atoms with E-state index in [-0.39, 0.29) is 39.9 Å². The summed E-state index contributed by atoms with van der Waals surface area (Å²) in [5, 5.41) is 29.1. The Kier molecular flexibility index (Phi) is 6.60. The molecule has 0 aromatic heterocycles. The molecule has 4 aromatic carbocycles. The summed E-state index contributed by atoms with van der Waals surface area (Å²) in [5.74, 6) is -0.401. The summed E-state index contributed by atoms with van der Waals surface area (Å²) in [6.45, 7) is 0. The smallest absolute Gasteiger partial charge is 0.871 e. The molecule has 137 valence electrons. The van der Waals surface area contributed by atoms with Crippen LogP contribution in [-0.4, -0.2) is 5.11 Å². The number of phenols is 1. The van der Waals surface area contributed by atoms with Crippen LogP contribution in [-0.2, 0) is 17.1 Å². The molecule has 4 rings (SSSR count). The van der Waals surface area contributed by atoms with E-state index in [1.807, 2.05) is 24.3 Å². The first kappa shape index (κ1) is 20.0. The molecule has 0 heterocycles. The Morgan fingerprint density at radius 2 is 1.15 bits per heavy atom. The predicted octanol–water partition coefficient (Wildman–Crippen LogP) is 5.25. The Hall–Kier alpha value is -3.28. The fraction of sp³-hybridized carbons (Fsp3) is 0. The normalized spacial score (nSPS) is 9.78. The number of phenolic OH excluding ortho intramolecular Hbond substituents is 1. The van der Waals surface area contributed by atoms with Crippen molar-refractivity contribution in [2.75, 3.05) is 0 Å². The Morgan fingerprint density at radius 3 is 1.70 bits per heavy atom. The molecule has 0 aliphatic carbocycles. The van der Waals surface area contributed by atoms with Gasteiger partial charge in [-0.15, -0.1) is 9.81 Å². The SMILES string of the molecule is O=Nc1c(O)ccc2ccccc12.O=Nc1c([O-])ccc2ccccc12.[Cu+2]. The van der Waals surface area contributed by atoms with Gasteiger partial charge in [-0.25, -0.2) is 0 Å². The molecule has 0 spiro atoms. The largest absolute Gasteiger partial charge is 2.00 e. The van der Waals surface area contributed by atoms with E-state index in [1.54, 1.807) is 36.4 Å². The molecule has 1 N–H and O–H groups in total. The van der Waals surface area contributed by atoms with Gasteiger partial charge in [-0.1, -0.05) is 72.5 Å². The fourth-order valence-corrected chi connectivity index (χ4v) is 2.67. The number of benzene rings is 4. The molecule has 7 heteroatoms. The number of fused-ring (bicyclic) bond motifs is 2. The minimum Gasteiger partial charge on any atom is -0.871 e. The van der Waals surface area contributed by atoms with Crippen molar-refractivity contribution in [2.24, 2.45) is 10.4 Å². The zero-order chi connectivity index (χ0) is 18.5. The van der Waals surface area contributed by atoms with Gasteiger partial charge in [-0.05, 0) is 27.2 Å². The second-order valence-electron chi connectivity index (χ2n) is 5.47. The maximum atomic E-state index is 11.2. The third kappa shape index (κ3) is 4.11. The molecule has 0 unspecified atom stereocenters. The Morgan fingerprint density at radius 1 is 0.667 bits per heavy atom.